The van der Waals surface area contributed by atoms with Gasteiger partial charge in [-0.05, 0) is 56.4 Å². The van der Waals surface area contributed by atoms with E-state index in [1.807, 2.05) is 0 Å². The van der Waals surface area contributed by atoms with Crippen molar-refractivity contribution in [1.82, 2.24) is 5.32 Å². The molecule has 5 unspecified atom stereocenters. The molecule has 1 N–H and O–H groups in total. The second kappa shape index (κ2) is 6.64. The molecule has 1 heteroatoms. The molecule has 0 radical (unpaired) electrons. The monoisotopic (exact) mass is 225 g/mol. The summed E-state index contributed by atoms with van der Waals surface area (Å²) in [5.41, 5.74) is 0. The van der Waals surface area contributed by atoms with Gasteiger partial charge in [0.15, 0.2) is 0 Å². The first-order chi connectivity index (χ1) is 7.54. The zero-order valence-electron chi connectivity index (χ0n) is 11.9. The predicted molar refractivity (Wildman–Crippen MR) is 72.6 cm³/mol. The van der Waals surface area contributed by atoms with Crippen LogP contribution in [0.2, 0.25) is 0 Å². The Bertz CT molecular complexity index is 190. The maximum absolute atomic E-state index is 3.54. The van der Waals surface area contributed by atoms with Gasteiger partial charge in [0.1, 0.15) is 0 Å². The Kier molecular flexibility index (Phi) is 5.82. The summed E-state index contributed by atoms with van der Waals surface area (Å²) in [6.45, 7) is 13.0. The Hall–Kier alpha value is -0.0400. The van der Waals surface area contributed by atoms with Gasteiger partial charge in [-0.2, -0.15) is 0 Å². The molecule has 0 spiro atoms. The molecule has 96 valence electrons. The van der Waals surface area contributed by atoms with Crippen LogP contribution in [-0.4, -0.2) is 12.6 Å². The predicted octanol–water partition coefficient (Wildman–Crippen LogP) is 4.08. The molecule has 1 fully saturated rings. The fraction of sp³-hybridized carbons (Fsp3) is 1.00. The first kappa shape index (κ1) is 14.0. The van der Waals surface area contributed by atoms with Gasteiger partial charge in [0.25, 0.3) is 0 Å². The van der Waals surface area contributed by atoms with Gasteiger partial charge in [-0.1, -0.05) is 34.1 Å². The van der Waals surface area contributed by atoms with Gasteiger partial charge >= 0.3 is 0 Å². The highest BCUT2D eigenvalue weighted by atomic mass is 14.9. The Morgan fingerprint density at radius 3 is 2.38 bits per heavy atom. The Morgan fingerprint density at radius 2 is 1.81 bits per heavy atom. The Labute approximate surface area is 102 Å². The largest absolute Gasteiger partial charge is 0.315 e. The third kappa shape index (κ3) is 4.08. The van der Waals surface area contributed by atoms with Crippen LogP contribution in [-0.2, 0) is 0 Å². The third-order valence-electron chi connectivity index (χ3n) is 4.72. The van der Waals surface area contributed by atoms with Gasteiger partial charge in [0.05, 0.1) is 0 Å². The average Bonchev–Trinajstić information content (AvgIpc) is 2.22. The average molecular weight is 225 g/mol. The highest BCUT2D eigenvalue weighted by Gasteiger charge is 2.28. The smallest absolute Gasteiger partial charge is 0.00412 e. The molecular formula is C15H31N. The van der Waals surface area contributed by atoms with Gasteiger partial charge in [-0.3, -0.25) is 0 Å². The van der Waals surface area contributed by atoms with Gasteiger partial charge in [0, 0.05) is 6.04 Å². The second-order valence-corrected chi connectivity index (χ2v) is 6.20. The molecule has 0 heterocycles. The van der Waals surface area contributed by atoms with Crippen molar-refractivity contribution in [2.24, 2.45) is 23.7 Å². The minimum atomic E-state index is 0.689. The molecule has 0 aromatic carbocycles. The van der Waals surface area contributed by atoms with Crippen LogP contribution in [0.4, 0.5) is 0 Å². The summed E-state index contributed by atoms with van der Waals surface area (Å²) in [4.78, 5) is 0. The molecular weight excluding hydrogens is 194 g/mol. The van der Waals surface area contributed by atoms with Crippen LogP contribution in [0.25, 0.3) is 0 Å². The summed E-state index contributed by atoms with van der Waals surface area (Å²) >= 11 is 0. The number of hydrogen-bond donors (Lipinski definition) is 1. The zero-order valence-corrected chi connectivity index (χ0v) is 11.9. The summed E-state index contributed by atoms with van der Waals surface area (Å²) in [6.07, 6.45) is 5.72. The second-order valence-electron chi connectivity index (χ2n) is 6.20. The molecule has 0 saturated heterocycles. The van der Waals surface area contributed by atoms with E-state index in [1.165, 1.54) is 25.7 Å². The molecule has 0 aromatic rings. The molecule has 0 aromatic heterocycles. The minimum Gasteiger partial charge on any atom is -0.315 e. The van der Waals surface area contributed by atoms with E-state index in [9.17, 15) is 0 Å². The fourth-order valence-electron chi connectivity index (χ4n) is 3.29. The van der Waals surface area contributed by atoms with E-state index < -0.39 is 0 Å². The summed E-state index contributed by atoms with van der Waals surface area (Å²) in [6, 6.07) is 0.689. The van der Waals surface area contributed by atoms with Crippen LogP contribution < -0.4 is 5.32 Å². The minimum absolute atomic E-state index is 0.689. The molecule has 0 bridgehead atoms. The van der Waals surface area contributed by atoms with Crippen molar-refractivity contribution in [3.05, 3.63) is 0 Å². The lowest BCUT2D eigenvalue weighted by Gasteiger charge is -2.36. The van der Waals surface area contributed by atoms with Crippen molar-refractivity contribution in [3.8, 4) is 0 Å². The Balaban J connectivity index is 2.33. The zero-order chi connectivity index (χ0) is 12.1. The summed E-state index contributed by atoms with van der Waals surface area (Å²) in [5.74, 6) is 3.77. The standard InChI is InChI=1S/C15H31N/c1-6-16-14(5)9-13(4)15-8-7-11(2)12(3)10-15/h11-16H,6-10H2,1-5H3. The van der Waals surface area contributed by atoms with E-state index in [0.717, 1.165) is 30.2 Å². The molecule has 1 saturated carbocycles. The molecule has 1 aliphatic carbocycles. The molecule has 0 amide bonds. The highest BCUT2D eigenvalue weighted by molar-refractivity contribution is 4.80. The van der Waals surface area contributed by atoms with E-state index in [2.05, 4.69) is 39.9 Å². The molecule has 5 atom stereocenters. The lowest BCUT2D eigenvalue weighted by Crippen LogP contribution is -2.31. The first-order valence-corrected chi connectivity index (χ1v) is 7.27. The summed E-state index contributed by atoms with van der Waals surface area (Å²) in [5, 5.41) is 3.54. The highest BCUT2D eigenvalue weighted by Crippen LogP contribution is 2.38. The molecule has 1 nitrogen and oxygen atoms in total. The van der Waals surface area contributed by atoms with Gasteiger partial charge in [0.2, 0.25) is 0 Å². The maximum Gasteiger partial charge on any atom is 0.00412 e. The van der Waals surface area contributed by atoms with Crippen LogP contribution in [0.3, 0.4) is 0 Å². The molecule has 0 aliphatic heterocycles. The van der Waals surface area contributed by atoms with Gasteiger partial charge in [-0.15, -0.1) is 0 Å². The van der Waals surface area contributed by atoms with Gasteiger partial charge < -0.3 is 5.32 Å². The third-order valence-corrected chi connectivity index (χ3v) is 4.72. The van der Waals surface area contributed by atoms with E-state index in [4.69, 9.17) is 0 Å². The summed E-state index contributed by atoms with van der Waals surface area (Å²) < 4.78 is 0. The van der Waals surface area contributed by atoms with Crippen LogP contribution in [0, 0.1) is 23.7 Å². The van der Waals surface area contributed by atoms with Crippen molar-refractivity contribution >= 4 is 0 Å². The topological polar surface area (TPSA) is 12.0 Å². The number of rotatable bonds is 5. The van der Waals surface area contributed by atoms with Crippen LogP contribution in [0.15, 0.2) is 0 Å². The maximum atomic E-state index is 3.54. The molecule has 1 aliphatic rings. The SMILES string of the molecule is CCNC(C)CC(C)C1CCC(C)C(C)C1. The number of nitrogens with one attached hydrogen (secondary N) is 1. The van der Waals surface area contributed by atoms with Crippen LogP contribution in [0.5, 0.6) is 0 Å². The van der Waals surface area contributed by atoms with E-state index in [-0.39, 0.29) is 0 Å². The van der Waals surface area contributed by atoms with Crippen LogP contribution in [0.1, 0.15) is 60.3 Å². The van der Waals surface area contributed by atoms with Crippen molar-refractivity contribution in [1.29, 1.82) is 0 Å². The van der Waals surface area contributed by atoms with Gasteiger partial charge in [-0.25, -0.2) is 0 Å². The Morgan fingerprint density at radius 1 is 1.12 bits per heavy atom. The lowest BCUT2D eigenvalue weighted by atomic mass is 9.70. The molecule has 16 heavy (non-hydrogen) atoms. The van der Waals surface area contributed by atoms with E-state index >= 15 is 0 Å². The lowest BCUT2D eigenvalue weighted by molar-refractivity contribution is 0.153. The quantitative estimate of drug-likeness (QED) is 0.743. The fourth-order valence-corrected chi connectivity index (χ4v) is 3.29. The normalized spacial score (nSPS) is 34.7. The van der Waals surface area contributed by atoms with Crippen molar-refractivity contribution in [2.75, 3.05) is 6.54 Å². The van der Waals surface area contributed by atoms with E-state index in [1.54, 1.807) is 0 Å². The van der Waals surface area contributed by atoms with Crippen LogP contribution >= 0.6 is 0 Å². The first-order valence-electron chi connectivity index (χ1n) is 7.27. The van der Waals surface area contributed by atoms with Crippen molar-refractivity contribution < 1.29 is 0 Å². The van der Waals surface area contributed by atoms with E-state index in [0.29, 0.717) is 6.04 Å². The molecule has 1 rings (SSSR count). The van der Waals surface area contributed by atoms with Crippen molar-refractivity contribution in [2.45, 2.75) is 66.3 Å². The van der Waals surface area contributed by atoms with Crippen molar-refractivity contribution in [3.63, 3.8) is 0 Å². The number of hydrogen-bond acceptors (Lipinski definition) is 1. The summed E-state index contributed by atoms with van der Waals surface area (Å²) in [7, 11) is 0.